The normalized spacial score (nSPS) is 14.2. The molecular formula is C10H23NO2S. The molecule has 0 fully saturated rings. The van der Waals surface area contributed by atoms with Gasteiger partial charge in [0.15, 0.2) is 9.84 Å². The maximum atomic E-state index is 11.7. The van der Waals surface area contributed by atoms with Crippen molar-refractivity contribution >= 4 is 9.84 Å². The van der Waals surface area contributed by atoms with Gasteiger partial charge in [-0.05, 0) is 19.9 Å². The molecule has 0 aromatic heterocycles. The zero-order chi connectivity index (χ0) is 11.0. The number of unbranched alkanes of at least 4 members (excludes halogenated alkanes) is 2. The number of sulfone groups is 1. The summed E-state index contributed by atoms with van der Waals surface area (Å²) in [5, 5.41) is 2.81. The summed E-state index contributed by atoms with van der Waals surface area (Å²) in [6.45, 7) is 7.24. The lowest BCUT2D eigenvalue weighted by atomic mass is 10.3. The second-order valence-corrected chi connectivity index (χ2v) is 6.23. The highest BCUT2D eigenvalue weighted by molar-refractivity contribution is 7.92. The van der Waals surface area contributed by atoms with E-state index in [4.69, 9.17) is 0 Å². The van der Waals surface area contributed by atoms with Crippen LogP contribution < -0.4 is 5.32 Å². The molecule has 0 heterocycles. The lowest BCUT2D eigenvalue weighted by Crippen LogP contribution is -2.32. The topological polar surface area (TPSA) is 46.2 Å². The zero-order valence-corrected chi connectivity index (χ0v) is 10.4. The van der Waals surface area contributed by atoms with E-state index in [-0.39, 0.29) is 5.25 Å². The van der Waals surface area contributed by atoms with E-state index in [1.807, 2.05) is 6.92 Å². The Kier molecular flexibility index (Phi) is 7.19. The van der Waals surface area contributed by atoms with E-state index >= 15 is 0 Å². The van der Waals surface area contributed by atoms with E-state index in [0.29, 0.717) is 12.3 Å². The van der Waals surface area contributed by atoms with Crippen molar-refractivity contribution in [1.82, 2.24) is 5.32 Å². The highest BCUT2D eigenvalue weighted by atomic mass is 32.2. The van der Waals surface area contributed by atoms with Gasteiger partial charge in [-0.25, -0.2) is 8.42 Å². The van der Waals surface area contributed by atoms with Crippen molar-refractivity contribution in [2.24, 2.45) is 0 Å². The Labute approximate surface area is 88.2 Å². The quantitative estimate of drug-likeness (QED) is 0.633. The molecule has 0 bridgehead atoms. The van der Waals surface area contributed by atoms with Crippen molar-refractivity contribution in [3.05, 3.63) is 0 Å². The third-order valence-corrected chi connectivity index (χ3v) is 4.58. The van der Waals surface area contributed by atoms with E-state index < -0.39 is 9.84 Å². The first kappa shape index (κ1) is 13.9. The molecule has 0 aliphatic rings. The minimum Gasteiger partial charge on any atom is -0.316 e. The molecule has 3 nitrogen and oxygen atoms in total. The molecule has 0 spiro atoms. The number of nitrogens with one attached hydrogen (secondary N) is 1. The molecular weight excluding hydrogens is 198 g/mol. The highest BCUT2D eigenvalue weighted by Crippen LogP contribution is 2.05. The smallest absolute Gasteiger partial charge is 0.154 e. The van der Waals surface area contributed by atoms with Gasteiger partial charge in [-0.1, -0.05) is 26.7 Å². The molecule has 14 heavy (non-hydrogen) atoms. The molecule has 0 aliphatic carbocycles. The second kappa shape index (κ2) is 7.23. The molecule has 0 aliphatic heterocycles. The predicted octanol–water partition coefficient (Wildman–Crippen LogP) is 1.59. The summed E-state index contributed by atoms with van der Waals surface area (Å²) in [6.07, 6.45) is 2.87. The Hall–Kier alpha value is -0.0900. The van der Waals surface area contributed by atoms with Gasteiger partial charge < -0.3 is 5.32 Å². The van der Waals surface area contributed by atoms with Crippen molar-refractivity contribution in [3.63, 3.8) is 0 Å². The van der Waals surface area contributed by atoms with Crippen LogP contribution in [0, 0.1) is 0 Å². The van der Waals surface area contributed by atoms with Gasteiger partial charge >= 0.3 is 0 Å². The van der Waals surface area contributed by atoms with Crippen LogP contribution in [0.1, 0.15) is 40.0 Å². The highest BCUT2D eigenvalue weighted by Gasteiger charge is 2.19. The van der Waals surface area contributed by atoms with E-state index in [1.165, 1.54) is 0 Å². The van der Waals surface area contributed by atoms with Crippen molar-refractivity contribution < 1.29 is 8.42 Å². The van der Waals surface area contributed by atoms with Crippen LogP contribution in [0.25, 0.3) is 0 Å². The molecule has 0 saturated carbocycles. The fraction of sp³-hybridized carbons (Fsp3) is 1.00. The van der Waals surface area contributed by atoms with Crippen LogP contribution >= 0.6 is 0 Å². The largest absolute Gasteiger partial charge is 0.316 e. The number of rotatable bonds is 8. The van der Waals surface area contributed by atoms with Gasteiger partial charge in [-0.3, -0.25) is 0 Å². The van der Waals surface area contributed by atoms with Crippen LogP contribution in [0.3, 0.4) is 0 Å². The fourth-order valence-electron chi connectivity index (χ4n) is 1.23. The minimum atomic E-state index is -2.87. The van der Waals surface area contributed by atoms with Gasteiger partial charge in [0.05, 0.1) is 11.0 Å². The molecule has 1 unspecified atom stereocenters. The lowest BCUT2D eigenvalue weighted by molar-refractivity contribution is 0.570. The average molecular weight is 221 g/mol. The summed E-state index contributed by atoms with van der Waals surface area (Å²) in [5.41, 5.74) is 0. The van der Waals surface area contributed by atoms with Crippen molar-refractivity contribution in [1.29, 1.82) is 0 Å². The SMILES string of the molecule is CCCCCS(=O)(=O)C(C)CNCC. The van der Waals surface area contributed by atoms with Gasteiger partial charge in [0.2, 0.25) is 0 Å². The van der Waals surface area contributed by atoms with Crippen LogP contribution in [0.5, 0.6) is 0 Å². The van der Waals surface area contributed by atoms with E-state index in [1.54, 1.807) is 6.92 Å². The molecule has 0 amide bonds. The predicted molar refractivity (Wildman–Crippen MR) is 61.3 cm³/mol. The van der Waals surface area contributed by atoms with Crippen molar-refractivity contribution in [3.8, 4) is 0 Å². The Morgan fingerprint density at radius 2 is 1.86 bits per heavy atom. The maximum absolute atomic E-state index is 11.7. The molecule has 86 valence electrons. The van der Waals surface area contributed by atoms with E-state index in [2.05, 4.69) is 12.2 Å². The Morgan fingerprint density at radius 3 is 2.36 bits per heavy atom. The number of hydrogen-bond acceptors (Lipinski definition) is 3. The first-order valence-electron chi connectivity index (χ1n) is 5.46. The first-order valence-corrected chi connectivity index (χ1v) is 7.18. The first-order chi connectivity index (χ1) is 6.54. The fourth-order valence-corrected chi connectivity index (χ4v) is 2.61. The second-order valence-electron chi connectivity index (χ2n) is 3.69. The summed E-state index contributed by atoms with van der Waals surface area (Å²) < 4.78 is 23.3. The molecule has 0 saturated heterocycles. The van der Waals surface area contributed by atoms with Gasteiger partial charge in [0.25, 0.3) is 0 Å². The van der Waals surface area contributed by atoms with Crippen LogP contribution in [0.4, 0.5) is 0 Å². The van der Waals surface area contributed by atoms with Crippen LogP contribution in [-0.4, -0.2) is 32.5 Å². The van der Waals surface area contributed by atoms with Gasteiger partial charge in [-0.15, -0.1) is 0 Å². The average Bonchev–Trinajstić information content (AvgIpc) is 2.14. The summed E-state index contributed by atoms with van der Waals surface area (Å²) in [4.78, 5) is 0. The minimum absolute atomic E-state index is 0.251. The third kappa shape index (κ3) is 5.60. The molecule has 0 aromatic carbocycles. The summed E-state index contributed by atoms with van der Waals surface area (Å²) in [7, 11) is -2.87. The van der Waals surface area contributed by atoms with Crippen molar-refractivity contribution in [2.75, 3.05) is 18.8 Å². The van der Waals surface area contributed by atoms with Gasteiger partial charge in [-0.2, -0.15) is 0 Å². The Bertz CT molecular complexity index is 224. The third-order valence-electron chi connectivity index (χ3n) is 2.33. The molecule has 1 atom stereocenters. The molecule has 0 rings (SSSR count). The Morgan fingerprint density at radius 1 is 1.21 bits per heavy atom. The zero-order valence-electron chi connectivity index (χ0n) is 9.54. The molecule has 4 heteroatoms. The van der Waals surface area contributed by atoms with E-state index in [0.717, 1.165) is 25.8 Å². The van der Waals surface area contributed by atoms with Crippen LogP contribution in [0.2, 0.25) is 0 Å². The van der Waals surface area contributed by atoms with Crippen LogP contribution in [0.15, 0.2) is 0 Å². The van der Waals surface area contributed by atoms with Gasteiger partial charge in [0.1, 0.15) is 0 Å². The van der Waals surface area contributed by atoms with Crippen LogP contribution in [-0.2, 0) is 9.84 Å². The lowest BCUT2D eigenvalue weighted by Gasteiger charge is -2.12. The number of hydrogen-bond donors (Lipinski definition) is 1. The Balaban J connectivity index is 3.91. The molecule has 0 aromatic rings. The summed E-state index contributed by atoms with van der Waals surface area (Å²) in [5.74, 6) is 0.341. The monoisotopic (exact) mass is 221 g/mol. The standard InChI is InChI=1S/C10H23NO2S/c1-4-6-7-8-14(12,13)10(3)9-11-5-2/h10-11H,4-9H2,1-3H3. The molecule has 1 N–H and O–H groups in total. The summed E-state index contributed by atoms with van der Waals surface area (Å²) in [6, 6.07) is 0. The summed E-state index contributed by atoms with van der Waals surface area (Å²) >= 11 is 0. The van der Waals surface area contributed by atoms with E-state index in [9.17, 15) is 8.42 Å². The maximum Gasteiger partial charge on any atom is 0.154 e. The van der Waals surface area contributed by atoms with Gasteiger partial charge in [0, 0.05) is 6.54 Å². The molecule has 0 radical (unpaired) electrons. The van der Waals surface area contributed by atoms with Crippen molar-refractivity contribution in [2.45, 2.75) is 45.3 Å².